The minimum Gasteiger partial charge on any atom is -0.478 e. The van der Waals surface area contributed by atoms with Crippen LogP contribution in [0.5, 0.6) is 0 Å². The maximum absolute atomic E-state index is 12.1. The fraction of sp³-hybridized carbons (Fsp3) is 0.133. The normalized spacial score (nSPS) is 11.7. The van der Waals surface area contributed by atoms with Crippen molar-refractivity contribution in [2.75, 3.05) is 0 Å². The van der Waals surface area contributed by atoms with E-state index in [9.17, 15) is 9.59 Å². The van der Waals surface area contributed by atoms with Crippen LogP contribution in [0.1, 0.15) is 39.2 Å². The molecule has 20 heavy (non-hydrogen) atoms. The van der Waals surface area contributed by atoms with Gasteiger partial charge < -0.3 is 10.4 Å². The van der Waals surface area contributed by atoms with Crippen molar-refractivity contribution in [2.45, 2.75) is 13.0 Å². The van der Waals surface area contributed by atoms with E-state index >= 15 is 0 Å². The van der Waals surface area contributed by atoms with Crippen LogP contribution < -0.4 is 5.32 Å². The number of carbonyl (C=O) groups excluding carboxylic acids is 1. The molecule has 0 spiro atoms. The summed E-state index contributed by atoms with van der Waals surface area (Å²) in [4.78, 5) is 27.0. The fourth-order valence-electron chi connectivity index (χ4n) is 1.79. The Kier molecular flexibility index (Phi) is 4.10. The van der Waals surface area contributed by atoms with E-state index in [-0.39, 0.29) is 17.5 Å². The first kappa shape index (κ1) is 13.7. The summed E-state index contributed by atoms with van der Waals surface area (Å²) in [7, 11) is 0. The molecule has 1 aromatic carbocycles. The van der Waals surface area contributed by atoms with Gasteiger partial charge in [-0.25, -0.2) is 4.79 Å². The number of carboxylic acid groups (broad SMARTS) is 1. The Morgan fingerprint density at radius 3 is 2.60 bits per heavy atom. The lowest BCUT2D eigenvalue weighted by molar-refractivity contribution is 0.0697. The van der Waals surface area contributed by atoms with Crippen LogP contribution in [0.25, 0.3) is 0 Å². The predicted molar refractivity (Wildman–Crippen MR) is 73.5 cm³/mol. The van der Waals surface area contributed by atoms with Crippen molar-refractivity contribution < 1.29 is 14.7 Å². The molecule has 5 heteroatoms. The lowest BCUT2D eigenvalue weighted by Gasteiger charge is -2.14. The highest BCUT2D eigenvalue weighted by Crippen LogP contribution is 2.12. The summed E-state index contributed by atoms with van der Waals surface area (Å²) in [6, 6.07) is 9.39. The summed E-state index contributed by atoms with van der Waals surface area (Å²) in [5.74, 6) is -1.37. The van der Waals surface area contributed by atoms with Crippen molar-refractivity contribution in [3.05, 3.63) is 65.5 Å². The largest absolute Gasteiger partial charge is 0.478 e. The maximum atomic E-state index is 12.1. The molecule has 102 valence electrons. The van der Waals surface area contributed by atoms with E-state index in [1.54, 1.807) is 30.6 Å². The third kappa shape index (κ3) is 3.20. The Labute approximate surface area is 116 Å². The third-order valence-electron chi connectivity index (χ3n) is 2.90. The summed E-state index contributed by atoms with van der Waals surface area (Å²) in [5.41, 5.74) is 1.29. The lowest BCUT2D eigenvalue weighted by Crippen LogP contribution is -2.26. The zero-order chi connectivity index (χ0) is 14.5. The molecule has 2 rings (SSSR count). The molecule has 1 amide bonds. The van der Waals surface area contributed by atoms with Crippen molar-refractivity contribution in [1.29, 1.82) is 0 Å². The van der Waals surface area contributed by atoms with E-state index in [1.165, 1.54) is 12.1 Å². The molecular weight excluding hydrogens is 256 g/mol. The molecule has 0 aliphatic rings. The second-order valence-corrected chi connectivity index (χ2v) is 4.37. The van der Waals surface area contributed by atoms with Crippen molar-refractivity contribution >= 4 is 11.9 Å². The Morgan fingerprint density at radius 2 is 1.95 bits per heavy atom. The van der Waals surface area contributed by atoms with Gasteiger partial charge in [-0.1, -0.05) is 12.1 Å². The second-order valence-electron chi connectivity index (χ2n) is 4.37. The number of hydrogen-bond donors (Lipinski definition) is 2. The van der Waals surface area contributed by atoms with Gasteiger partial charge in [0.05, 0.1) is 11.6 Å². The van der Waals surface area contributed by atoms with E-state index in [1.807, 2.05) is 13.0 Å². The monoisotopic (exact) mass is 270 g/mol. The summed E-state index contributed by atoms with van der Waals surface area (Å²) < 4.78 is 0. The molecule has 0 unspecified atom stereocenters. The number of carboxylic acids is 1. The Bertz CT molecular complexity index is 626. The highest BCUT2D eigenvalue weighted by molar-refractivity contribution is 5.97. The number of amides is 1. The Balaban J connectivity index is 2.12. The average molecular weight is 270 g/mol. The summed E-state index contributed by atoms with van der Waals surface area (Å²) >= 11 is 0. The van der Waals surface area contributed by atoms with Gasteiger partial charge in [-0.05, 0) is 36.8 Å². The van der Waals surface area contributed by atoms with Crippen molar-refractivity contribution in [3.8, 4) is 0 Å². The predicted octanol–water partition coefficient (Wildman–Crippen LogP) is 2.27. The highest BCUT2D eigenvalue weighted by atomic mass is 16.4. The molecular formula is C15H14N2O3. The first-order valence-electron chi connectivity index (χ1n) is 6.12. The van der Waals surface area contributed by atoms with Gasteiger partial charge in [-0.2, -0.15) is 0 Å². The van der Waals surface area contributed by atoms with Crippen LogP contribution in [0.15, 0.2) is 48.8 Å². The van der Waals surface area contributed by atoms with Crippen LogP contribution >= 0.6 is 0 Å². The number of carbonyl (C=O) groups is 2. The highest BCUT2D eigenvalue weighted by Gasteiger charge is 2.13. The average Bonchev–Trinajstić information content (AvgIpc) is 2.48. The SMILES string of the molecule is C[C@@H](NC(=O)c1cccc(C(=O)O)c1)c1cccnc1. The van der Waals surface area contributed by atoms with Crippen molar-refractivity contribution in [2.24, 2.45) is 0 Å². The van der Waals surface area contributed by atoms with Gasteiger partial charge in [0, 0.05) is 18.0 Å². The molecule has 0 aliphatic heterocycles. The number of pyridine rings is 1. The second kappa shape index (κ2) is 5.97. The molecule has 0 radical (unpaired) electrons. The molecule has 1 heterocycles. The fourth-order valence-corrected chi connectivity index (χ4v) is 1.79. The summed E-state index contributed by atoms with van der Waals surface area (Å²) in [5, 5.41) is 11.7. The van der Waals surface area contributed by atoms with E-state index in [2.05, 4.69) is 10.3 Å². The van der Waals surface area contributed by atoms with Crippen molar-refractivity contribution in [1.82, 2.24) is 10.3 Å². The lowest BCUT2D eigenvalue weighted by atomic mass is 10.1. The molecule has 5 nitrogen and oxygen atoms in total. The van der Waals surface area contributed by atoms with E-state index in [0.717, 1.165) is 5.56 Å². The molecule has 2 aromatic rings. The number of nitrogens with one attached hydrogen (secondary N) is 1. The minimum absolute atomic E-state index is 0.0895. The molecule has 0 saturated carbocycles. The van der Waals surface area contributed by atoms with Gasteiger partial charge in [-0.15, -0.1) is 0 Å². The molecule has 0 aliphatic carbocycles. The van der Waals surface area contributed by atoms with Gasteiger partial charge in [0.25, 0.3) is 5.91 Å². The molecule has 0 fully saturated rings. The number of hydrogen-bond acceptors (Lipinski definition) is 3. The minimum atomic E-state index is -1.06. The smallest absolute Gasteiger partial charge is 0.335 e. The standard InChI is InChI=1S/C15H14N2O3/c1-10(13-6-3-7-16-9-13)17-14(18)11-4-2-5-12(8-11)15(19)20/h2-10H,1H3,(H,17,18)(H,19,20)/t10-/m1/s1. The number of nitrogens with zero attached hydrogens (tertiary/aromatic N) is 1. The van der Waals surface area contributed by atoms with E-state index in [0.29, 0.717) is 5.56 Å². The Hall–Kier alpha value is -2.69. The summed E-state index contributed by atoms with van der Waals surface area (Å²) in [6.07, 6.45) is 3.34. The quantitative estimate of drug-likeness (QED) is 0.893. The molecule has 0 bridgehead atoms. The van der Waals surface area contributed by atoms with E-state index < -0.39 is 5.97 Å². The van der Waals surface area contributed by atoms with Crippen LogP contribution in [0.2, 0.25) is 0 Å². The van der Waals surface area contributed by atoms with Crippen molar-refractivity contribution in [3.63, 3.8) is 0 Å². The van der Waals surface area contributed by atoms with Crippen LogP contribution in [-0.4, -0.2) is 22.0 Å². The van der Waals surface area contributed by atoms with Crippen LogP contribution in [0.3, 0.4) is 0 Å². The van der Waals surface area contributed by atoms with Crippen LogP contribution in [0, 0.1) is 0 Å². The maximum Gasteiger partial charge on any atom is 0.335 e. The van der Waals surface area contributed by atoms with Gasteiger partial charge >= 0.3 is 5.97 Å². The van der Waals surface area contributed by atoms with Crippen LogP contribution in [0.4, 0.5) is 0 Å². The van der Waals surface area contributed by atoms with Gasteiger partial charge in [0.15, 0.2) is 0 Å². The number of aromatic nitrogens is 1. The first-order chi connectivity index (χ1) is 9.58. The van der Waals surface area contributed by atoms with Gasteiger partial charge in [-0.3, -0.25) is 9.78 Å². The topological polar surface area (TPSA) is 79.3 Å². The zero-order valence-electron chi connectivity index (χ0n) is 10.9. The summed E-state index contributed by atoms with van der Waals surface area (Å²) in [6.45, 7) is 1.84. The zero-order valence-corrected chi connectivity index (χ0v) is 10.9. The molecule has 0 saturated heterocycles. The van der Waals surface area contributed by atoms with Gasteiger partial charge in [0.1, 0.15) is 0 Å². The first-order valence-corrected chi connectivity index (χ1v) is 6.12. The third-order valence-corrected chi connectivity index (χ3v) is 2.90. The number of aromatic carboxylic acids is 1. The van der Waals surface area contributed by atoms with Gasteiger partial charge in [0.2, 0.25) is 0 Å². The van der Waals surface area contributed by atoms with Crippen LogP contribution in [-0.2, 0) is 0 Å². The van der Waals surface area contributed by atoms with E-state index in [4.69, 9.17) is 5.11 Å². The molecule has 1 aromatic heterocycles. The number of rotatable bonds is 4. The Morgan fingerprint density at radius 1 is 1.20 bits per heavy atom. The molecule has 2 N–H and O–H groups in total. The number of benzene rings is 1. The molecule has 1 atom stereocenters.